The Morgan fingerprint density at radius 1 is 1.16 bits per heavy atom. The van der Waals surface area contributed by atoms with Crippen molar-refractivity contribution in [3.8, 4) is 0 Å². The molecule has 0 amide bonds. The molecule has 1 aromatic rings. The van der Waals surface area contributed by atoms with Crippen LogP contribution in [0.4, 0.5) is 5.69 Å². The van der Waals surface area contributed by atoms with E-state index in [4.69, 9.17) is 0 Å². The minimum absolute atomic E-state index is 0.739. The summed E-state index contributed by atoms with van der Waals surface area (Å²) in [5.41, 5.74) is 3.39. The van der Waals surface area contributed by atoms with E-state index in [1.54, 1.807) is 0 Å². The predicted molar refractivity (Wildman–Crippen MR) is 78.9 cm³/mol. The number of hydrogen-bond donors (Lipinski definition) is 0. The molecule has 2 fully saturated rings. The van der Waals surface area contributed by atoms with Crippen molar-refractivity contribution >= 4 is 12.0 Å². The number of aryl methyl sites for hydroxylation is 1. The molecule has 0 unspecified atom stereocenters. The molecule has 2 aliphatic rings. The van der Waals surface area contributed by atoms with Gasteiger partial charge < -0.3 is 4.90 Å². The predicted octanol–water partition coefficient (Wildman–Crippen LogP) is 3.97. The molecule has 1 heterocycles. The van der Waals surface area contributed by atoms with Crippen molar-refractivity contribution in [1.82, 2.24) is 0 Å². The van der Waals surface area contributed by atoms with E-state index in [1.807, 2.05) is 12.1 Å². The number of hydrogen-bond acceptors (Lipinski definition) is 2. The Bertz CT molecular complexity index is 466. The number of carbonyl (C=O) groups excluding carboxylic acids is 1. The Hall–Kier alpha value is -1.31. The lowest BCUT2D eigenvalue weighted by Crippen LogP contribution is -2.47. The molecule has 2 atom stereocenters. The van der Waals surface area contributed by atoms with Crippen molar-refractivity contribution in [2.45, 2.75) is 51.5 Å². The molecule has 1 aliphatic carbocycles. The maximum atomic E-state index is 10.9. The third-order valence-electron chi connectivity index (χ3n) is 4.91. The van der Waals surface area contributed by atoms with Crippen molar-refractivity contribution in [1.29, 1.82) is 0 Å². The lowest BCUT2D eigenvalue weighted by molar-refractivity contribution is 0.112. The molecule has 1 aliphatic heterocycles. The van der Waals surface area contributed by atoms with Gasteiger partial charge in [-0.05, 0) is 62.3 Å². The molecule has 0 radical (unpaired) electrons. The number of benzene rings is 1. The van der Waals surface area contributed by atoms with Crippen LogP contribution in [0.1, 0.15) is 54.4 Å². The zero-order valence-electron chi connectivity index (χ0n) is 11.8. The van der Waals surface area contributed by atoms with Gasteiger partial charge in [-0.25, -0.2) is 0 Å². The topological polar surface area (TPSA) is 20.3 Å². The molecule has 1 aromatic carbocycles. The highest BCUT2D eigenvalue weighted by atomic mass is 16.1. The van der Waals surface area contributed by atoms with Crippen LogP contribution in [0.5, 0.6) is 0 Å². The number of piperidine rings is 1. The Kier molecular flexibility index (Phi) is 3.58. The highest BCUT2D eigenvalue weighted by molar-refractivity contribution is 5.77. The van der Waals surface area contributed by atoms with Crippen molar-refractivity contribution in [3.05, 3.63) is 29.3 Å². The number of fused-ring (bicyclic) bond motifs is 1. The molecule has 19 heavy (non-hydrogen) atoms. The van der Waals surface area contributed by atoms with Crippen LogP contribution < -0.4 is 4.90 Å². The van der Waals surface area contributed by atoms with Crippen LogP contribution in [0.3, 0.4) is 0 Å². The summed E-state index contributed by atoms with van der Waals surface area (Å²) in [6.07, 6.45) is 9.21. The Morgan fingerprint density at radius 3 is 2.74 bits per heavy atom. The van der Waals surface area contributed by atoms with E-state index in [0.717, 1.165) is 23.8 Å². The van der Waals surface area contributed by atoms with E-state index in [2.05, 4.69) is 17.9 Å². The van der Waals surface area contributed by atoms with E-state index in [-0.39, 0.29) is 0 Å². The third kappa shape index (κ3) is 2.41. The average Bonchev–Trinajstić information content (AvgIpc) is 2.46. The standard InChI is InChI=1S/C17H23NO/c1-13-11-14(12-19)8-9-16(13)18-10-4-6-15-5-2-3-7-17(15)18/h8-9,11-12,15,17H,2-7,10H2,1H3/t15-,17-/m1/s1. The molecule has 0 N–H and O–H groups in total. The van der Waals surface area contributed by atoms with Gasteiger partial charge in [-0.1, -0.05) is 12.8 Å². The first-order valence-corrected chi connectivity index (χ1v) is 7.62. The average molecular weight is 257 g/mol. The largest absolute Gasteiger partial charge is 0.368 e. The van der Waals surface area contributed by atoms with Gasteiger partial charge in [-0.3, -0.25) is 4.79 Å². The molecular formula is C17H23NO. The van der Waals surface area contributed by atoms with Crippen LogP contribution >= 0.6 is 0 Å². The maximum absolute atomic E-state index is 10.9. The summed E-state index contributed by atoms with van der Waals surface area (Å²) in [5, 5.41) is 0. The minimum Gasteiger partial charge on any atom is -0.368 e. The minimum atomic E-state index is 0.739. The Labute approximate surface area is 115 Å². The van der Waals surface area contributed by atoms with E-state index in [9.17, 15) is 4.79 Å². The highest BCUT2D eigenvalue weighted by Gasteiger charge is 2.33. The zero-order valence-corrected chi connectivity index (χ0v) is 11.8. The van der Waals surface area contributed by atoms with Crippen LogP contribution in [0.25, 0.3) is 0 Å². The summed E-state index contributed by atoms with van der Waals surface area (Å²) in [5.74, 6) is 0.896. The summed E-state index contributed by atoms with van der Waals surface area (Å²) in [4.78, 5) is 13.5. The van der Waals surface area contributed by atoms with Gasteiger partial charge >= 0.3 is 0 Å². The molecule has 3 rings (SSSR count). The smallest absolute Gasteiger partial charge is 0.150 e. The van der Waals surface area contributed by atoms with E-state index in [1.165, 1.54) is 56.3 Å². The zero-order chi connectivity index (χ0) is 13.2. The first kappa shape index (κ1) is 12.7. The van der Waals surface area contributed by atoms with Crippen molar-refractivity contribution in [2.75, 3.05) is 11.4 Å². The van der Waals surface area contributed by atoms with Gasteiger partial charge in [0, 0.05) is 23.8 Å². The van der Waals surface area contributed by atoms with Crippen LogP contribution in [0, 0.1) is 12.8 Å². The van der Waals surface area contributed by atoms with Gasteiger partial charge in [0.25, 0.3) is 0 Å². The summed E-state index contributed by atoms with van der Waals surface area (Å²) >= 11 is 0. The molecule has 102 valence electrons. The number of carbonyl (C=O) groups is 1. The SMILES string of the molecule is Cc1cc(C=O)ccc1N1CCC[C@H]2CCCC[C@H]21. The molecule has 2 heteroatoms. The quantitative estimate of drug-likeness (QED) is 0.747. The number of aldehydes is 1. The molecule has 0 aromatic heterocycles. The fourth-order valence-corrected chi connectivity index (χ4v) is 4.00. The van der Waals surface area contributed by atoms with Gasteiger partial charge in [-0.2, -0.15) is 0 Å². The number of anilines is 1. The first-order valence-electron chi connectivity index (χ1n) is 7.62. The number of rotatable bonds is 2. The molecular weight excluding hydrogens is 234 g/mol. The fraction of sp³-hybridized carbons (Fsp3) is 0.588. The van der Waals surface area contributed by atoms with Crippen molar-refractivity contribution < 1.29 is 4.79 Å². The normalized spacial score (nSPS) is 26.9. The second-order valence-electron chi connectivity index (χ2n) is 6.11. The van der Waals surface area contributed by atoms with Gasteiger partial charge in [0.1, 0.15) is 6.29 Å². The summed E-state index contributed by atoms with van der Waals surface area (Å²) < 4.78 is 0. The van der Waals surface area contributed by atoms with E-state index < -0.39 is 0 Å². The molecule has 0 bridgehead atoms. The summed E-state index contributed by atoms with van der Waals surface area (Å²) in [6, 6.07) is 6.87. The summed E-state index contributed by atoms with van der Waals surface area (Å²) in [6.45, 7) is 3.32. The van der Waals surface area contributed by atoms with Crippen LogP contribution in [0.2, 0.25) is 0 Å². The lowest BCUT2D eigenvalue weighted by atomic mass is 9.78. The van der Waals surface area contributed by atoms with Crippen LogP contribution in [-0.2, 0) is 0 Å². The second-order valence-corrected chi connectivity index (χ2v) is 6.11. The first-order chi connectivity index (χ1) is 9.29. The van der Waals surface area contributed by atoms with Gasteiger partial charge in [0.2, 0.25) is 0 Å². The van der Waals surface area contributed by atoms with E-state index in [0.29, 0.717) is 0 Å². The fourth-order valence-electron chi connectivity index (χ4n) is 4.00. The molecule has 1 saturated carbocycles. The molecule has 2 nitrogen and oxygen atoms in total. The van der Waals surface area contributed by atoms with Crippen molar-refractivity contribution in [2.24, 2.45) is 5.92 Å². The molecule has 1 saturated heterocycles. The maximum Gasteiger partial charge on any atom is 0.150 e. The second kappa shape index (κ2) is 5.36. The Morgan fingerprint density at radius 2 is 1.95 bits per heavy atom. The highest BCUT2D eigenvalue weighted by Crippen LogP contribution is 2.38. The monoisotopic (exact) mass is 257 g/mol. The lowest BCUT2D eigenvalue weighted by Gasteiger charge is -2.46. The van der Waals surface area contributed by atoms with Gasteiger partial charge in [0.15, 0.2) is 0 Å². The van der Waals surface area contributed by atoms with Crippen LogP contribution in [-0.4, -0.2) is 18.9 Å². The van der Waals surface area contributed by atoms with E-state index >= 15 is 0 Å². The van der Waals surface area contributed by atoms with Gasteiger partial charge in [-0.15, -0.1) is 0 Å². The number of nitrogens with zero attached hydrogens (tertiary/aromatic N) is 1. The van der Waals surface area contributed by atoms with Crippen LogP contribution in [0.15, 0.2) is 18.2 Å². The Balaban J connectivity index is 1.89. The molecule has 0 spiro atoms. The van der Waals surface area contributed by atoms with Gasteiger partial charge in [0.05, 0.1) is 0 Å². The summed E-state index contributed by atoms with van der Waals surface area (Å²) in [7, 11) is 0. The van der Waals surface area contributed by atoms with Crippen molar-refractivity contribution in [3.63, 3.8) is 0 Å². The third-order valence-corrected chi connectivity index (χ3v) is 4.91.